The molecular weight excluding hydrogens is 338 g/mol. The molecule has 4 rings (SSSR count). The number of benzene rings is 1. The van der Waals surface area contributed by atoms with Crippen molar-refractivity contribution < 1.29 is 9.15 Å². The van der Waals surface area contributed by atoms with Gasteiger partial charge in [0, 0.05) is 11.8 Å². The van der Waals surface area contributed by atoms with Gasteiger partial charge in [0.2, 0.25) is 0 Å². The summed E-state index contributed by atoms with van der Waals surface area (Å²) < 4.78 is 13.0. The molecule has 0 aliphatic carbocycles. The van der Waals surface area contributed by atoms with Crippen molar-refractivity contribution in [3.63, 3.8) is 0 Å². The molecule has 1 aromatic carbocycles. The van der Waals surface area contributed by atoms with E-state index in [1.54, 1.807) is 17.8 Å². The molecule has 128 valence electrons. The van der Waals surface area contributed by atoms with Gasteiger partial charge in [-0.25, -0.2) is 4.99 Å². The molecule has 1 aliphatic rings. The van der Waals surface area contributed by atoms with E-state index in [2.05, 4.69) is 4.99 Å². The first-order valence-electron chi connectivity index (χ1n) is 7.85. The number of anilines is 1. The predicted octanol–water partition coefficient (Wildman–Crippen LogP) is 1.70. The molecule has 3 aromatic rings. The van der Waals surface area contributed by atoms with Gasteiger partial charge in [-0.1, -0.05) is 11.3 Å². The van der Waals surface area contributed by atoms with Crippen molar-refractivity contribution in [3.05, 3.63) is 67.6 Å². The Bertz CT molecular complexity index is 1080. The summed E-state index contributed by atoms with van der Waals surface area (Å²) >= 11 is 1.39. The summed E-state index contributed by atoms with van der Waals surface area (Å²) in [6.07, 6.45) is 1.78. The first kappa shape index (κ1) is 15.7. The number of aryl methyl sites for hydroxylation is 1. The monoisotopic (exact) mass is 355 g/mol. The highest BCUT2D eigenvalue weighted by molar-refractivity contribution is 7.07. The van der Waals surface area contributed by atoms with Gasteiger partial charge in [-0.2, -0.15) is 0 Å². The van der Waals surface area contributed by atoms with Crippen molar-refractivity contribution in [3.8, 4) is 5.75 Å². The summed E-state index contributed by atoms with van der Waals surface area (Å²) in [5.74, 6) is 2.31. The second-order valence-electron chi connectivity index (χ2n) is 5.75. The minimum absolute atomic E-state index is 0.0454. The number of rotatable bonds is 3. The summed E-state index contributed by atoms with van der Waals surface area (Å²) in [5, 5.41) is 0. The molecule has 0 atom stereocenters. The molecule has 0 N–H and O–H groups in total. The maximum Gasteiger partial charge on any atom is 0.271 e. The van der Waals surface area contributed by atoms with Gasteiger partial charge in [-0.15, -0.1) is 0 Å². The molecule has 2 aromatic heterocycles. The van der Waals surface area contributed by atoms with Crippen LogP contribution in [-0.2, 0) is 6.67 Å². The van der Waals surface area contributed by atoms with Crippen LogP contribution in [0.3, 0.4) is 0 Å². The Hall–Kier alpha value is -2.80. The molecular formula is C18H17N3O3S. The van der Waals surface area contributed by atoms with E-state index >= 15 is 0 Å². The van der Waals surface area contributed by atoms with Crippen LogP contribution in [0.4, 0.5) is 5.69 Å². The molecule has 0 saturated heterocycles. The predicted molar refractivity (Wildman–Crippen MR) is 96.7 cm³/mol. The third-order valence-corrected chi connectivity index (χ3v) is 5.09. The second kappa shape index (κ2) is 6.25. The van der Waals surface area contributed by atoms with Gasteiger partial charge in [0.15, 0.2) is 4.80 Å². The van der Waals surface area contributed by atoms with Crippen molar-refractivity contribution >= 4 is 23.1 Å². The number of hydrogen-bond acceptors (Lipinski definition) is 6. The average Bonchev–Trinajstić information content (AvgIpc) is 3.18. The van der Waals surface area contributed by atoms with E-state index in [9.17, 15) is 4.79 Å². The molecule has 1 aliphatic heterocycles. The van der Waals surface area contributed by atoms with E-state index in [1.807, 2.05) is 48.2 Å². The van der Waals surface area contributed by atoms with E-state index < -0.39 is 0 Å². The zero-order valence-corrected chi connectivity index (χ0v) is 14.7. The van der Waals surface area contributed by atoms with Crippen LogP contribution in [0.1, 0.15) is 11.5 Å². The average molecular weight is 355 g/mol. The number of hydrogen-bond donors (Lipinski definition) is 0. The van der Waals surface area contributed by atoms with E-state index in [0.717, 1.165) is 22.0 Å². The van der Waals surface area contributed by atoms with E-state index in [1.165, 1.54) is 11.3 Å². The largest absolute Gasteiger partial charge is 0.497 e. The quantitative estimate of drug-likeness (QED) is 0.718. The van der Waals surface area contributed by atoms with Gasteiger partial charge in [-0.05, 0) is 43.3 Å². The number of aromatic nitrogens is 1. The number of ether oxygens (including phenoxy) is 1. The number of fused-ring (bicyclic) bond motifs is 1. The number of nitrogens with zero attached hydrogens (tertiary/aromatic N) is 3. The molecule has 0 unspecified atom stereocenters. The summed E-state index contributed by atoms with van der Waals surface area (Å²) in [5.41, 5.74) is 0.955. The highest BCUT2D eigenvalue weighted by Gasteiger charge is 2.16. The topological polar surface area (TPSA) is 60.0 Å². The minimum atomic E-state index is -0.0454. The fourth-order valence-corrected chi connectivity index (χ4v) is 3.67. The zero-order chi connectivity index (χ0) is 17.4. The van der Waals surface area contributed by atoms with Crippen LogP contribution < -0.4 is 24.5 Å². The van der Waals surface area contributed by atoms with E-state index in [-0.39, 0.29) is 5.56 Å². The van der Waals surface area contributed by atoms with Gasteiger partial charge in [0.25, 0.3) is 5.56 Å². The summed E-state index contributed by atoms with van der Waals surface area (Å²) in [6.45, 7) is 2.88. The highest BCUT2D eigenvalue weighted by atomic mass is 32.1. The first-order chi connectivity index (χ1) is 12.1. The summed E-state index contributed by atoms with van der Waals surface area (Å²) in [6, 6.07) is 11.5. The lowest BCUT2D eigenvalue weighted by molar-refractivity contribution is 0.414. The lowest BCUT2D eigenvalue weighted by Crippen LogP contribution is -2.42. The number of furan rings is 1. The minimum Gasteiger partial charge on any atom is -0.497 e. The zero-order valence-electron chi connectivity index (χ0n) is 13.9. The highest BCUT2D eigenvalue weighted by Crippen LogP contribution is 2.20. The molecule has 6 nitrogen and oxygen atoms in total. The van der Waals surface area contributed by atoms with Crippen molar-refractivity contribution in [1.29, 1.82) is 0 Å². The molecule has 7 heteroatoms. The van der Waals surface area contributed by atoms with Crippen LogP contribution in [-0.4, -0.2) is 18.3 Å². The first-order valence-corrected chi connectivity index (χ1v) is 8.67. The molecule has 3 heterocycles. The van der Waals surface area contributed by atoms with Gasteiger partial charge >= 0.3 is 0 Å². The van der Waals surface area contributed by atoms with Crippen LogP contribution in [0.5, 0.6) is 5.75 Å². The maximum absolute atomic E-state index is 12.7. The lowest BCUT2D eigenvalue weighted by Gasteiger charge is -2.25. The Morgan fingerprint density at radius 1 is 1.24 bits per heavy atom. The van der Waals surface area contributed by atoms with Gasteiger partial charge < -0.3 is 14.1 Å². The van der Waals surface area contributed by atoms with Crippen molar-refractivity contribution in [2.24, 2.45) is 4.99 Å². The van der Waals surface area contributed by atoms with Gasteiger partial charge in [0.1, 0.15) is 30.6 Å². The third kappa shape index (κ3) is 2.98. The van der Waals surface area contributed by atoms with Crippen molar-refractivity contribution in [2.45, 2.75) is 13.6 Å². The van der Waals surface area contributed by atoms with E-state index in [0.29, 0.717) is 23.6 Å². The lowest BCUT2D eigenvalue weighted by atomic mass is 10.3. The van der Waals surface area contributed by atoms with Crippen molar-refractivity contribution in [1.82, 2.24) is 4.57 Å². The summed E-state index contributed by atoms with van der Waals surface area (Å²) in [7, 11) is 1.64. The number of thiazole rings is 1. The van der Waals surface area contributed by atoms with Crippen molar-refractivity contribution in [2.75, 3.05) is 18.7 Å². The second-order valence-corrected chi connectivity index (χ2v) is 6.76. The van der Waals surface area contributed by atoms with Crippen LogP contribution >= 0.6 is 11.3 Å². The Morgan fingerprint density at radius 2 is 2.04 bits per heavy atom. The SMILES string of the molecule is COc1ccc(N2CN=c3s/c(=C\c4ccc(C)o4)c(=O)n3C2)cc1. The molecule has 0 saturated carbocycles. The standard InChI is InChI=1S/C18H17N3O3S/c1-12-3-6-15(24-12)9-16-17(22)21-11-20(10-19-18(21)25-16)13-4-7-14(23-2)8-5-13/h3-9H,10-11H2,1-2H3/b16-9-. The summed E-state index contributed by atoms with van der Waals surface area (Å²) in [4.78, 5) is 20.0. The molecule has 0 amide bonds. The Labute approximate surface area is 147 Å². The smallest absolute Gasteiger partial charge is 0.271 e. The fourth-order valence-electron chi connectivity index (χ4n) is 2.73. The fraction of sp³-hybridized carbons (Fsp3) is 0.222. The Kier molecular flexibility index (Phi) is 3.93. The third-order valence-electron chi connectivity index (χ3n) is 4.05. The van der Waals surface area contributed by atoms with E-state index in [4.69, 9.17) is 9.15 Å². The van der Waals surface area contributed by atoms with Gasteiger partial charge in [0.05, 0.1) is 11.6 Å². The molecule has 0 bridgehead atoms. The normalized spacial score (nSPS) is 14.3. The molecule has 25 heavy (non-hydrogen) atoms. The van der Waals surface area contributed by atoms with Crippen LogP contribution in [0, 0.1) is 6.92 Å². The molecule has 0 radical (unpaired) electrons. The van der Waals surface area contributed by atoms with Crippen LogP contribution in [0.25, 0.3) is 6.08 Å². The van der Waals surface area contributed by atoms with Crippen LogP contribution in [0.2, 0.25) is 0 Å². The van der Waals surface area contributed by atoms with Crippen LogP contribution in [0.15, 0.2) is 50.6 Å². The number of methoxy groups -OCH3 is 1. The molecule has 0 spiro atoms. The van der Waals surface area contributed by atoms with Gasteiger partial charge in [-0.3, -0.25) is 9.36 Å². The maximum atomic E-state index is 12.7. The molecule has 0 fully saturated rings. The Balaban J connectivity index is 1.67. The Morgan fingerprint density at radius 3 is 2.72 bits per heavy atom.